The minimum absolute atomic E-state index is 0.0330. The maximum atomic E-state index is 12.6. The summed E-state index contributed by atoms with van der Waals surface area (Å²) in [6.07, 6.45) is 6.68. The molecule has 3 heterocycles. The monoisotopic (exact) mass is 318 g/mol. The summed E-state index contributed by atoms with van der Waals surface area (Å²) in [6, 6.07) is 0. The molecule has 3 rings (SSSR count). The highest BCUT2D eigenvalue weighted by Crippen LogP contribution is 2.33. The van der Waals surface area contributed by atoms with Crippen LogP contribution in [-0.4, -0.2) is 27.0 Å². The summed E-state index contributed by atoms with van der Waals surface area (Å²) in [7, 11) is 0. The molecular formula is C16H22N4O3. The van der Waals surface area contributed by atoms with Crippen LogP contribution < -0.4 is 5.32 Å². The first-order chi connectivity index (χ1) is 11.2. The highest BCUT2D eigenvalue weighted by molar-refractivity contribution is 5.79. The van der Waals surface area contributed by atoms with Gasteiger partial charge in [-0.2, -0.15) is 0 Å². The van der Waals surface area contributed by atoms with Crippen molar-refractivity contribution in [1.29, 1.82) is 0 Å². The van der Waals surface area contributed by atoms with Crippen LogP contribution in [0.4, 0.5) is 0 Å². The third-order valence-corrected chi connectivity index (χ3v) is 4.11. The number of ether oxygens (including phenoxy) is 1. The molecule has 0 bridgehead atoms. The highest BCUT2D eigenvalue weighted by Gasteiger charge is 2.35. The quantitative estimate of drug-likeness (QED) is 0.911. The average Bonchev–Trinajstić information content (AvgIpc) is 3.21. The molecule has 1 fully saturated rings. The van der Waals surface area contributed by atoms with Crippen molar-refractivity contribution in [2.24, 2.45) is 5.92 Å². The molecule has 1 saturated heterocycles. The van der Waals surface area contributed by atoms with Crippen molar-refractivity contribution in [3.8, 4) is 0 Å². The fourth-order valence-corrected chi connectivity index (χ4v) is 2.94. The number of carbonyl (C=O) groups is 1. The van der Waals surface area contributed by atoms with E-state index in [1.165, 1.54) is 0 Å². The number of nitrogens with zero attached hydrogens (tertiary/aromatic N) is 3. The number of carbonyl (C=O) groups excluding carboxylic acids is 1. The van der Waals surface area contributed by atoms with E-state index in [1.807, 2.05) is 10.8 Å². The first-order valence-electron chi connectivity index (χ1n) is 8.00. The van der Waals surface area contributed by atoms with Gasteiger partial charge in [0.1, 0.15) is 17.7 Å². The number of aryl methyl sites for hydroxylation is 2. The molecule has 0 aliphatic carbocycles. The summed E-state index contributed by atoms with van der Waals surface area (Å²) in [5.74, 6) is 1.80. The van der Waals surface area contributed by atoms with E-state index in [1.54, 1.807) is 19.3 Å². The number of rotatable bonds is 5. The second kappa shape index (κ2) is 6.95. The van der Waals surface area contributed by atoms with E-state index in [0.29, 0.717) is 24.8 Å². The Morgan fingerprint density at radius 2 is 2.35 bits per heavy atom. The number of nitrogens with one attached hydrogen (secondary N) is 1. The van der Waals surface area contributed by atoms with Gasteiger partial charge >= 0.3 is 0 Å². The van der Waals surface area contributed by atoms with E-state index >= 15 is 0 Å². The Kier molecular flexibility index (Phi) is 4.76. The molecule has 0 unspecified atom stereocenters. The molecule has 0 aromatic carbocycles. The molecule has 23 heavy (non-hydrogen) atoms. The van der Waals surface area contributed by atoms with Crippen molar-refractivity contribution >= 4 is 5.91 Å². The van der Waals surface area contributed by atoms with Crippen LogP contribution >= 0.6 is 0 Å². The molecule has 0 radical (unpaired) electrons. The van der Waals surface area contributed by atoms with E-state index in [0.717, 1.165) is 25.2 Å². The zero-order chi connectivity index (χ0) is 16.2. The van der Waals surface area contributed by atoms with E-state index in [-0.39, 0.29) is 17.9 Å². The van der Waals surface area contributed by atoms with Gasteiger partial charge in [-0.15, -0.1) is 0 Å². The normalized spacial score (nSPS) is 21.3. The second-order valence-corrected chi connectivity index (χ2v) is 5.67. The number of oxazole rings is 1. The van der Waals surface area contributed by atoms with Gasteiger partial charge in [0.25, 0.3) is 0 Å². The van der Waals surface area contributed by atoms with Crippen molar-refractivity contribution in [2.45, 2.75) is 45.9 Å². The maximum absolute atomic E-state index is 12.6. The van der Waals surface area contributed by atoms with Crippen LogP contribution in [0.1, 0.15) is 43.3 Å². The summed E-state index contributed by atoms with van der Waals surface area (Å²) in [6.45, 7) is 5.63. The standard InChI is InChI=1S/C16H22N4O3/c1-3-20-7-6-17-15(20)14-13(5-4-8-22-14)16(21)19-10-12-9-18-11(2)23-12/h6-7,9,13-14H,3-5,8,10H2,1-2H3,(H,19,21)/t13-,14-/m1/s1. The molecule has 0 spiro atoms. The minimum atomic E-state index is -0.296. The van der Waals surface area contributed by atoms with Crippen LogP contribution in [0.15, 0.2) is 23.0 Å². The SMILES string of the molecule is CCn1ccnc1[C@@H]1OCCC[C@H]1C(=O)NCc1cnc(C)o1. The van der Waals surface area contributed by atoms with E-state index in [9.17, 15) is 4.79 Å². The largest absolute Gasteiger partial charge is 0.444 e. The third kappa shape index (κ3) is 3.44. The summed E-state index contributed by atoms with van der Waals surface area (Å²) in [5.41, 5.74) is 0. The third-order valence-electron chi connectivity index (χ3n) is 4.11. The topological polar surface area (TPSA) is 82.2 Å². The number of hydrogen-bond donors (Lipinski definition) is 1. The van der Waals surface area contributed by atoms with Gasteiger partial charge in [-0.05, 0) is 19.8 Å². The zero-order valence-electron chi connectivity index (χ0n) is 13.5. The Morgan fingerprint density at radius 1 is 1.48 bits per heavy atom. The molecule has 2 aromatic rings. The number of imidazole rings is 1. The molecule has 2 atom stereocenters. The van der Waals surface area contributed by atoms with Crippen LogP contribution in [0.2, 0.25) is 0 Å². The number of hydrogen-bond acceptors (Lipinski definition) is 5. The van der Waals surface area contributed by atoms with Crippen LogP contribution in [0.5, 0.6) is 0 Å². The molecule has 2 aromatic heterocycles. The summed E-state index contributed by atoms with van der Waals surface area (Å²) < 4.78 is 13.3. The van der Waals surface area contributed by atoms with Crippen molar-refractivity contribution < 1.29 is 13.9 Å². The lowest BCUT2D eigenvalue weighted by atomic mass is 9.92. The Bertz CT molecular complexity index is 664. The minimum Gasteiger partial charge on any atom is -0.444 e. The molecule has 1 aliphatic rings. The van der Waals surface area contributed by atoms with Gasteiger partial charge in [-0.3, -0.25) is 4.79 Å². The molecule has 1 aliphatic heterocycles. The van der Waals surface area contributed by atoms with Gasteiger partial charge in [0.2, 0.25) is 5.91 Å². The van der Waals surface area contributed by atoms with Gasteiger partial charge < -0.3 is 19.0 Å². The lowest BCUT2D eigenvalue weighted by Gasteiger charge is -2.30. The molecular weight excluding hydrogens is 296 g/mol. The highest BCUT2D eigenvalue weighted by atomic mass is 16.5. The number of amides is 1. The Hall–Kier alpha value is -2.15. The first-order valence-corrected chi connectivity index (χ1v) is 8.00. The smallest absolute Gasteiger partial charge is 0.226 e. The van der Waals surface area contributed by atoms with Gasteiger partial charge in [-0.25, -0.2) is 9.97 Å². The Labute approximate surface area is 135 Å². The van der Waals surface area contributed by atoms with Gasteiger partial charge in [0.15, 0.2) is 5.89 Å². The number of aromatic nitrogens is 3. The molecule has 7 nitrogen and oxygen atoms in total. The summed E-state index contributed by atoms with van der Waals surface area (Å²) in [4.78, 5) is 21.0. The fourth-order valence-electron chi connectivity index (χ4n) is 2.94. The Morgan fingerprint density at radius 3 is 3.09 bits per heavy atom. The summed E-state index contributed by atoms with van der Waals surface area (Å²) >= 11 is 0. The first kappa shape index (κ1) is 15.7. The fraction of sp³-hybridized carbons (Fsp3) is 0.562. The van der Waals surface area contributed by atoms with Crippen LogP contribution in [0.25, 0.3) is 0 Å². The van der Waals surface area contributed by atoms with Crippen molar-refractivity contribution in [3.05, 3.63) is 36.1 Å². The molecule has 1 N–H and O–H groups in total. The van der Waals surface area contributed by atoms with E-state index < -0.39 is 0 Å². The van der Waals surface area contributed by atoms with Gasteiger partial charge in [-0.1, -0.05) is 0 Å². The van der Waals surface area contributed by atoms with Crippen LogP contribution in [-0.2, 0) is 22.6 Å². The molecule has 124 valence electrons. The summed E-state index contributed by atoms with van der Waals surface area (Å²) in [5, 5.41) is 2.92. The molecule has 7 heteroatoms. The molecule has 1 amide bonds. The van der Waals surface area contributed by atoms with Gasteiger partial charge in [0, 0.05) is 32.5 Å². The predicted octanol–water partition coefficient (Wildman–Crippen LogP) is 1.98. The second-order valence-electron chi connectivity index (χ2n) is 5.67. The lowest BCUT2D eigenvalue weighted by Crippen LogP contribution is -2.38. The average molecular weight is 318 g/mol. The van der Waals surface area contributed by atoms with Crippen molar-refractivity contribution in [3.63, 3.8) is 0 Å². The lowest BCUT2D eigenvalue weighted by molar-refractivity contribution is -0.135. The van der Waals surface area contributed by atoms with E-state index in [4.69, 9.17) is 9.15 Å². The van der Waals surface area contributed by atoms with Crippen LogP contribution in [0.3, 0.4) is 0 Å². The van der Waals surface area contributed by atoms with Crippen molar-refractivity contribution in [1.82, 2.24) is 19.9 Å². The van der Waals surface area contributed by atoms with Crippen molar-refractivity contribution in [2.75, 3.05) is 6.61 Å². The Balaban J connectivity index is 1.69. The van der Waals surface area contributed by atoms with E-state index in [2.05, 4.69) is 22.2 Å². The van der Waals surface area contributed by atoms with Crippen LogP contribution in [0, 0.1) is 12.8 Å². The zero-order valence-corrected chi connectivity index (χ0v) is 13.5. The van der Waals surface area contributed by atoms with Gasteiger partial charge in [0.05, 0.1) is 18.7 Å². The maximum Gasteiger partial charge on any atom is 0.226 e. The predicted molar refractivity (Wildman–Crippen MR) is 82.4 cm³/mol. The molecule has 0 saturated carbocycles.